The molecule has 0 spiro atoms. The third kappa shape index (κ3) is 9.84. The van der Waals surface area contributed by atoms with Crippen molar-refractivity contribution in [3.05, 3.63) is 0 Å². The van der Waals surface area contributed by atoms with E-state index in [4.69, 9.17) is 5.73 Å². The molecule has 2 N–H and O–H groups in total. The average Bonchev–Trinajstić information content (AvgIpc) is 1.94. The largest absolute Gasteiger partial charge is 0.330 e. The number of unbranched alkanes of at least 4 members (excludes halogenated alkanes) is 2. The maximum Gasteiger partial charge on any atom is 0.00270 e. The van der Waals surface area contributed by atoms with Crippen LogP contribution in [0, 0.1) is 5.41 Å². The minimum absolute atomic E-state index is 0.419. The molecule has 0 atom stereocenters. The van der Waals surface area contributed by atoms with Gasteiger partial charge in [-0.15, -0.1) is 0 Å². The second kappa shape index (κ2) is 6.39. The van der Waals surface area contributed by atoms with Gasteiger partial charge < -0.3 is 10.6 Å². The van der Waals surface area contributed by atoms with Crippen molar-refractivity contribution in [3.63, 3.8) is 0 Å². The van der Waals surface area contributed by atoms with Gasteiger partial charge in [0.05, 0.1) is 0 Å². The Kier molecular flexibility index (Phi) is 6.35. The van der Waals surface area contributed by atoms with Crippen LogP contribution in [-0.4, -0.2) is 31.6 Å². The van der Waals surface area contributed by atoms with E-state index in [9.17, 15) is 0 Å². The topological polar surface area (TPSA) is 29.3 Å². The van der Waals surface area contributed by atoms with Crippen LogP contribution in [0.25, 0.3) is 0 Å². The molecule has 0 saturated carbocycles. The smallest absolute Gasteiger partial charge is 0.00270 e. The van der Waals surface area contributed by atoms with Crippen molar-refractivity contribution < 1.29 is 0 Å². The SMILES string of the molecule is CN(CCCCCN)CC(C)(C)C. The van der Waals surface area contributed by atoms with E-state index in [0.29, 0.717) is 5.41 Å². The van der Waals surface area contributed by atoms with E-state index in [2.05, 4.69) is 32.7 Å². The summed E-state index contributed by atoms with van der Waals surface area (Å²) in [5.41, 5.74) is 5.85. The number of nitrogens with zero attached hydrogens (tertiary/aromatic N) is 1. The molecule has 0 aliphatic rings. The molecule has 0 rings (SSSR count). The van der Waals surface area contributed by atoms with Crippen LogP contribution in [0.2, 0.25) is 0 Å². The van der Waals surface area contributed by atoms with Crippen LogP contribution in [-0.2, 0) is 0 Å². The fourth-order valence-corrected chi connectivity index (χ4v) is 1.59. The van der Waals surface area contributed by atoms with Crippen molar-refractivity contribution in [1.29, 1.82) is 0 Å². The van der Waals surface area contributed by atoms with Crippen LogP contribution in [0.5, 0.6) is 0 Å². The lowest BCUT2D eigenvalue weighted by atomic mass is 9.96. The summed E-state index contributed by atoms with van der Waals surface area (Å²) in [7, 11) is 2.20. The third-order valence-electron chi connectivity index (χ3n) is 1.99. The van der Waals surface area contributed by atoms with E-state index in [1.807, 2.05) is 0 Å². The lowest BCUT2D eigenvalue weighted by molar-refractivity contribution is 0.223. The monoisotopic (exact) mass is 186 g/mol. The average molecular weight is 186 g/mol. The molecule has 0 bridgehead atoms. The summed E-state index contributed by atoms with van der Waals surface area (Å²) in [5.74, 6) is 0. The summed E-state index contributed by atoms with van der Waals surface area (Å²) in [6, 6.07) is 0. The molecule has 0 aliphatic carbocycles. The van der Waals surface area contributed by atoms with Crippen molar-refractivity contribution in [2.45, 2.75) is 40.0 Å². The zero-order valence-electron chi connectivity index (χ0n) is 9.77. The van der Waals surface area contributed by atoms with Crippen molar-refractivity contribution in [1.82, 2.24) is 4.90 Å². The molecule has 0 aromatic carbocycles. The normalized spacial score (nSPS) is 12.5. The molecule has 0 unspecified atom stereocenters. The van der Waals surface area contributed by atoms with Gasteiger partial charge in [-0.2, -0.15) is 0 Å². The fourth-order valence-electron chi connectivity index (χ4n) is 1.59. The predicted molar refractivity (Wildman–Crippen MR) is 59.9 cm³/mol. The van der Waals surface area contributed by atoms with E-state index >= 15 is 0 Å². The van der Waals surface area contributed by atoms with E-state index in [1.54, 1.807) is 0 Å². The van der Waals surface area contributed by atoms with Gasteiger partial charge in [0.15, 0.2) is 0 Å². The van der Waals surface area contributed by atoms with Crippen molar-refractivity contribution in [2.75, 3.05) is 26.7 Å². The predicted octanol–water partition coefficient (Wildman–Crippen LogP) is 2.09. The molecule has 0 aromatic heterocycles. The molecule has 2 heteroatoms. The summed E-state index contributed by atoms with van der Waals surface area (Å²) in [4.78, 5) is 2.41. The van der Waals surface area contributed by atoms with Crippen LogP contribution < -0.4 is 5.73 Å². The Bertz CT molecular complexity index is 116. The van der Waals surface area contributed by atoms with E-state index < -0.39 is 0 Å². The number of nitrogens with two attached hydrogens (primary N) is 1. The molecule has 0 saturated heterocycles. The maximum atomic E-state index is 5.43. The molecule has 0 amide bonds. The second-order valence-electron chi connectivity index (χ2n) is 5.15. The zero-order chi connectivity index (χ0) is 10.3. The van der Waals surface area contributed by atoms with Gasteiger partial charge in [-0.05, 0) is 38.4 Å². The molecule has 0 radical (unpaired) electrons. The fraction of sp³-hybridized carbons (Fsp3) is 1.00. The highest BCUT2D eigenvalue weighted by Gasteiger charge is 2.12. The van der Waals surface area contributed by atoms with Crippen LogP contribution in [0.1, 0.15) is 40.0 Å². The first-order chi connectivity index (χ1) is 5.95. The standard InChI is InChI=1S/C11H26N2/c1-11(2,3)10-13(4)9-7-5-6-8-12/h5-10,12H2,1-4H3. The molecule has 0 heterocycles. The van der Waals surface area contributed by atoms with Gasteiger partial charge in [0.1, 0.15) is 0 Å². The van der Waals surface area contributed by atoms with Crippen molar-refractivity contribution in [2.24, 2.45) is 11.1 Å². The number of rotatable bonds is 6. The highest BCUT2D eigenvalue weighted by molar-refractivity contribution is 4.66. The molecular weight excluding hydrogens is 160 g/mol. The Morgan fingerprint density at radius 3 is 2.15 bits per heavy atom. The Morgan fingerprint density at radius 1 is 1.08 bits per heavy atom. The van der Waals surface area contributed by atoms with E-state index in [-0.39, 0.29) is 0 Å². The summed E-state index contributed by atoms with van der Waals surface area (Å²) < 4.78 is 0. The first-order valence-electron chi connectivity index (χ1n) is 5.34. The summed E-state index contributed by atoms with van der Waals surface area (Å²) in [5, 5.41) is 0. The molecule has 0 fully saturated rings. The third-order valence-corrected chi connectivity index (χ3v) is 1.99. The molecule has 2 nitrogen and oxygen atoms in total. The molecular formula is C11H26N2. The summed E-state index contributed by atoms with van der Waals surface area (Å²) in [6.07, 6.45) is 3.72. The minimum atomic E-state index is 0.419. The first kappa shape index (κ1) is 12.9. The molecule has 13 heavy (non-hydrogen) atoms. The van der Waals surface area contributed by atoms with E-state index in [0.717, 1.165) is 6.54 Å². The quantitative estimate of drug-likeness (QED) is 0.644. The van der Waals surface area contributed by atoms with Gasteiger partial charge >= 0.3 is 0 Å². The number of hydrogen-bond donors (Lipinski definition) is 1. The van der Waals surface area contributed by atoms with E-state index in [1.165, 1.54) is 32.4 Å². The Morgan fingerprint density at radius 2 is 1.69 bits per heavy atom. The Labute approximate surface area is 83.5 Å². The lowest BCUT2D eigenvalue weighted by Gasteiger charge is -2.26. The molecule has 0 aliphatic heterocycles. The van der Waals surface area contributed by atoms with Gasteiger partial charge in [-0.25, -0.2) is 0 Å². The van der Waals surface area contributed by atoms with Gasteiger partial charge in [-0.3, -0.25) is 0 Å². The van der Waals surface area contributed by atoms with Crippen LogP contribution in [0.3, 0.4) is 0 Å². The minimum Gasteiger partial charge on any atom is -0.330 e. The van der Waals surface area contributed by atoms with Crippen molar-refractivity contribution >= 4 is 0 Å². The first-order valence-corrected chi connectivity index (χ1v) is 5.34. The van der Waals surface area contributed by atoms with Crippen molar-refractivity contribution in [3.8, 4) is 0 Å². The Hall–Kier alpha value is -0.0800. The zero-order valence-corrected chi connectivity index (χ0v) is 9.77. The summed E-state index contributed by atoms with van der Waals surface area (Å²) >= 11 is 0. The molecule has 80 valence electrons. The van der Waals surface area contributed by atoms with Crippen LogP contribution in [0.15, 0.2) is 0 Å². The second-order valence-corrected chi connectivity index (χ2v) is 5.15. The highest BCUT2D eigenvalue weighted by atomic mass is 15.1. The van der Waals surface area contributed by atoms with Gasteiger partial charge in [0.25, 0.3) is 0 Å². The van der Waals surface area contributed by atoms with Gasteiger partial charge in [0.2, 0.25) is 0 Å². The van der Waals surface area contributed by atoms with Gasteiger partial charge in [-0.1, -0.05) is 27.2 Å². The maximum absolute atomic E-state index is 5.43. The Balaban J connectivity index is 3.35. The summed E-state index contributed by atoms with van der Waals surface area (Å²) in [6.45, 7) is 10.1. The van der Waals surface area contributed by atoms with Gasteiger partial charge in [0, 0.05) is 6.54 Å². The lowest BCUT2D eigenvalue weighted by Crippen LogP contribution is -2.30. The van der Waals surface area contributed by atoms with Crippen LogP contribution >= 0.6 is 0 Å². The number of hydrogen-bond acceptors (Lipinski definition) is 2. The highest BCUT2D eigenvalue weighted by Crippen LogP contribution is 2.14. The molecule has 0 aromatic rings. The van der Waals surface area contributed by atoms with Crippen LogP contribution in [0.4, 0.5) is 0 Å².